The van der Waals surface area contributed by atoms with Gasteiger partial charge in [-0.2, -0.15) is 0 Å². The molecule has 0 saturated heterocycles. The zero-order valence-corrected chi connectivity index (χ0v) is 13.3. The fourth-order valence-corrected chi connectivity index (χ4v) is 2.01. The molecule has 7 nitrogen and oxygen atoms in total. The van der Waals surface area contributed by atoms with Crippen molar-refractivity contribution in [2.45, 2.75) is 13.8 Å². The summed E-state index contributed by atoms with van der Waals surface area (Å²) >= 11 is 5.98. The van der Waals surface area contributed by atoms with Crippen molar-refractivity contribution < 1.29 is 19.2 Å². The molecule has 0 N–H and O–H groups in total. The van der Waals surface area contributed by atoms with E-state index in [1.54, 1.807) is 0 Å². The van der Waals surface area contributed by atoms with Gasteiger partial charge in [0.25, 0.3) is 0 Å². The van der Waals surface area contributed by atoms with Gasteiger partial charge in [0, 0.05) is 11.5 Å². The van der Waals surface area contributed by atoms with Crippen LogP contribution < -0.4 is 4.74 Å². The fourth-order valence-electron chi connectivity index (χ4n) is 1.74. The van der Waals surface area contributed by atoms with Crippen molar-refractivity contribution in [1.82, 2.24) is 4.98 Å². The maximum absolute atomic E-state index is 11.7. The molecule has 1 aromatic carbocycles. The number of halogens is 1. The summed E-state index contributed by atoms with van der Waals surface area (Å²) in [6, 6.07) is 2.83. The third kappa shape index (κ3) is 3.25. The van der Waals surface area contributed by atoms with Gasteiger partial charge < -0.3 is 9.47 Å². The Balaban J connectivity index is 0.00000116. The summed E-state index contributed by atoms with van der Waals surface area (Å²) in [5, 5.41) is 11.0. The summed E-state index contributed by atoms with van der Waals surface area (Å²) in [6.07, 6.45) is 1.06. The van der Waals surface area contributed by atoms with Gasteiger partial charge in [0.05, 0.1) is 24.7 Å². The molecule has 0 saturated carbocycles. The number of fused-ring (bicyclic) bond motifs is 1. The summed E-state index contributed by atoms with van der Waals surface area (Å²) in [5.41, 5.74) is 0.164. The van der Waals surface area contributed by atoms with Crippen molar-refractivity contribution in [2.75, 3.05) is 14.2 Å². The monoisotopic (exact) mass is 326 g/mol. The molecule has 118 valence electrons. The molecule has 1 aromatic heterocycles. The van der Waals surface area contributed by atoms with Crippen LogP contribution in [-0.4, -0.2) is 30.1 Å². The van der Waals surface area contributed by atoms with Crippen LogP contribution >= 0.6 is 11.6 Å². The van der Waals surface area contributed by atoms with Crippen molar-refractivity contribution in [3.63, 3.8) is 0 Å². The summed E-state index contributed by atoms with van der Waals surface area (Å²) in [5.74, 6) is -0.381. The Hall–Kier alpha value is -2.41. The lowest BCUT2D eigenvalue weighted by atomic mass is 10.1. The van der Waals surface area contributed by atoms with Gasteiger partial charge in [-0.15, -0.1) is 0 Å². The van der Waals surface area contributed by atoms with E-state index >= 15 is 0 Å². The second-order valence-corrected chi connectivity index (χ2v) is 4.15. The second kappa shape index (κ2) is 7.56. The highest BCUT2D eigenvalue weighted by molar-refractivity contribution is 6.37. The third-order valence-corrected chi connectivity index (χ3v) is 3.10. The number of nitro groups is 1. The first kappa shape index (κ1) is 17.6. The molecule has 0 unspecified atom stereocenters. The molecular weight excluding hydrogens is 312 g/mol. The zero-order chi connectivity index (χ0) is 16.9. The maximum atomic E-state index is 11.7. The molecule has 0 amide bonds. The molecule has 2 aromatic rings. The number of carbonyl (C=O) groups is 1. The second-order valence-electron chi connectivity index (χ2n) is 3.78. The molecule has 0 aliphatic rings. The van der Waals surface area contributed by atoms with Gasteiger partial charge in [-0.3, -0.25) is 10.1 Å². The first-order chi connectivity index (χ1) is 10.5. The Morgan fingerprint density at radius 2 is 1.95 bits per heavy atom. The minimum absolute atomic E-state index is 0.0900. The molecule has 1 heterocycles. The number of hydrogen-bond donors (Lipinski definition) is 0. The number of benzene rings is 1. The van der Waals surface area contributed by atoms with Gasteiger partial charge in [-0.25, -0.2) is 9.78 Å². The van der Waals surface area contributed by atoms with Crippen LogP contribution in [0, 0.1) is 10.1 Å². The normalized spacial score (nSPS) is 9.68. The number of pyridine rings is 1. The summed E-state index contributed by atoms with van der Waals surface area (Å²) in [7, 11) is 2.61. The fraction of sp³-hybridized carbons (Fsp3) is 0.286. The molecule has 0 atom stereocenters. The number of rotatable bonds is 3. The lowest BCUT2D eigenvalue weighted by Crippen LogP contribution is -2.04. The van der Waals surface area contributed by atoms with Gasteiger partial charge in [-0.05, 0) is 6.07 Å². The molecule has 0 aliphatic carbocycles. The first-order valence-corrected chi connectivity index (χ1v) is 6.76. The molecular formula is C14H15ClN2O5. The van der Waals surface area contributed by atoms with Crippen LogP contribution in [0.4, 0.5) is 5.69 Å². The topological polar surface area (TPSA) is 91.6 Å². The highest BCUT2D eigenvalue weighted by Crippen LogP contribution is 2.34. The van der Waals surface area contributed by atoms with E-state index in [2.05, 4.69) is 9.72 Å². The highest BCUT2D eigenvalue weighted by atomic mass is 35.5. The Labute approximate surface area is 132 Å². The quantitative estimate of drug-likeness (QED) is 0.486. The van der Waals surface area contributed by atoms with Crippen LogP contribution in [-0.2, 0) is 4.74 Å². The van der Waals surface area contributed by atoms with E-state index in [0.717, 1.165) is 6.20 Å². The number of esters is 1. The van der Waals surface area contributed by atoms with E-state index in [0.29, 0.717) is 5.52 Å². The molecule has 0 radical (unpaired) electrons. The number of hydrogen-bond acceptors (Lipinski definition) is 6. The predicted molar refractivity (Wildman–Crippen MR) is 82.6 cm³/mol. The minimum atomic E-state index is -0.642. The number of nitrogens with zero attached hydrogens (tertiary/aromatic N) is 2. The molecule has 0 spiro atoms. The smallest absolute Gasteiger partial charge is 0.341 e. The Morgan fingerprint density at radius 1 is 1.32 bits per heavy atom. The van der Waals surface area contributed by atoms with Crippen molar-refractivity contribution in [1.29, 1.82) is 0 Å². The standard InChI is InChI=1S/C12H9ClN2O5.C2H6/c1-19-10-4-8-6(3-7(10)12(16)20-2)11(13)9(5-14-8)15(17)18;1-2/h3-5H,1-2H3;1-2H3. The van der Waals surface area contributed by atoms with Crippen molar-refractivity contribution in [2.24, 2.45) is 0 Å². The van der Waals surface area contributed by atoms with Crippen LogP contribution in [0.5, 0.6) is 5.75 Å². The average Bonchev–Trinajstić information content (AvgIpc) is 2.54. The summed E-state index contributed by atoms with van der Waals surface area (Å²) in [6.45, 7) is 4.00. The van der Waals surface area contributed by atoms with Crippen molar-refractivity contribution in [3.05, 3.63) is 39.0 Å². The van der Waals surface area contributed by atoms with Crippen LogP contribution in [0.15, 0.2) is 18.3 Å². The number of carbonyl (C=O) groups excluding carboxylic acids is 1. The van der Waals surface area contributed by atoms with Crippen LogP contribution in [0.3, 0.4) is 0 Å². The van der Waals surface area contributed by atoms with Gasteiger partial charge in [-0.1, -0.05) is 25.4 Å². The molecule has 2 rings (SSSR count). The van der Waals surface area contributed by atoms with Crippen LogP contribution in [0.1, 0.15) is 24.2 Å². The molecule has 0 fully saturated rings. The van der Waals surface area contributed by atoms with E-state index in [1.165, 1.54) is 26.4 Å². The average molecular weight is 327 g/mol. The number of aromatic nitrogens is 1. The van der Waals surface area contributed by atoms with Crippen LogP contribution in [0.2, 0.25) is 5.02 Å². The van der Waals surface area contributed by atoms with Crippen molar-refractivity contribution in [3.8, 4) is 5.75 Å². The van der Waals surface area contributed by atoms with Gasteiger partial charge in [0.2, 0.25) is 0 Å². The highest BCUT2D eigenvalue weighted by Gasteiger charge is 2.20. The van der Waals surface area contributed by atoms with E-state index in [-0.39, 0.29) is 27.4 Å². The van der Waals surface area contributed by atoms with Gasteiger partial charge in [0.1, 0.15) is 22.5 Å². The lowest BCUT2D eigenvalue weighted by Gasteiger charge is -2.09. The predicted octanol–water partition coefficient (Wildman–Crippen LogP) is 3.62. The SMILES string of the molecule is CC.COC(=O)c1cc2c(Cl)c([N+](=O)[O-])cnc2cc1OC. The zero-order valence-electron chi connectivity index (χ0n) is 12.5. The molecule has 0 aliphatic heterocycles. The first-order valence-electron chi connectivity index (χ1n) is 6.38. The molecule has 22 heavy (non-hydrogen) atoms. The minimum Gasteiger partial charge on any atom is -0.496 e. The lowest BCUT2D eigenvalue weighted by molar-refractivity contribution is -0.384. The van der Waals surface area contributed by atoms with E-state index in [1.807, 2.05) is 13.8 Å². The van der Waals surface area contributed by atoms with Crippen LogP contribution in [0.25, 0.3) is 10.9 Å². The van der Waals surface area contributed by atoms with E-state index in [4.69, 9.17) is 16.3 Å². The molecule has 0 bridgehead atoms. The number of methoxy groups -OCH3 is 2. The Bertz CT molecular complexity index is 718. The number of ether oxygens (including phenoxy) is 2. The van der Waals surface area contributed by atoms with E-state index in [9.17, 15) is 14.9 Å². The Kier molecular flexibility index (Phi) is 6.06. The largest absolute Gasteiger partial charge is 0.496 e. The summed E-state index contributed by atoms with van der Waals surface area (Å²) < 4.78 is 9.71. The molecule has 8 heteroatoms. The van der Waals surface area contributed by atoms with Crippen molar-refractivity contribution >= 4 is 34.2 Å². The van der Waals surface area contributed by atoms with Gasteiger partial charge in [0.15, 0.2) is 0 Å². The maximum Gasteiger partial charge on any atom is 0.341 e. The summed E-state index contributed by atoms with van der Waals surface area (Å²) in [4.78, 5) is 25.8. The Morgan fingerprint density at radius 3 is 2.45 bits per heavy atom. The van der Waals surface area contributed by atoms with E-state index < -0.39 is 10.9 Å². The third-order valence-electron chi connectivity index (χ3n) is 2.71. The van der Waals surface area contributed by atoms with Gasteiger partial charge >= 0.3 is 11.7 Å².